The van der Waals surface area contributed by atoms with E-state index < -0.39 is 10.7 Å². The quantitative estimate of drug-likeness (QED) is 0.688. The van der Waals surface area contributed by atoms with Gasteiger partial charge in [0.2, 0.25) is 0 Å². The fourth-order valence-electron chi connectivity index (χ4n) is 3.49. The Morgan fingerprint density at radius 2 is 2.00 bits per heavy atom. The second kappa shape index (κ2) is 5.42. The van der Waals surface area contributed by atoms with Gasteiger partial charge in [0.15, 0.2) is 0 Å². The molecule has 0 aromatic heterocycles. The van der Waals surface area contributed by atoms with Crippen LogP contribution in [0.15, 0.2) is 12.1 Å². The van der Waals surface area contributed by atoms with E-state index in [0.29, 0.717) is 17.8 Å². The summed E-state index contributed by atoms with van der Waals surface area (Å²) >= 11 is 5.81. The first-order chi connectivity index (χ1) is 9.95. The number of rotatable bonds is 3. The monoisotopic (exact) mass is 313 g/mol. The van der Waals surface area contributed by atoms with Crippen LogP contribution in [0.1, 0.15) is 25.7 Å². The summed E-state index contributed by atoms with van der Waals surface area (Å²) in [4.78, 5) is 12.5. The van der Waals surface area contributed by atoms with E-state index in [1.54, 1.807) is 0 Å². The van der Waals surface area contributed by atoms with Crippen molar-refractivity contribution in [2.45, 2.75) is 43.8 Å². The molecule has 1 aromatic carbocycles. The SMILES string of the molecule is CN(c1cc(Cl)c(F)cc1[N+](=O)[O-])C1CC2CCC(C1)N2. The number of nitro groups is 1. The molecular formula is C14H17ClFN3O2. The first kappa shape index (κ1) is 14.5. The number of nitrogens with one attached hydrogen (secondary N) is 1. The molecule has 21 heavy (non-hydrogen) atoms. The summed E-state index contributed by atoms with van der Waals surface area (Å²) in [5.41, 5.74) is 0.156. The molecule has 0 aliphatic carbocycles. The Bertz CT molecular complexity index is 572. The highest BCUT2D eigenvalue weighted by Crippen LogP contribution is 2.37. The van der Waals surface area contributed by atoms with E-state index >= 15 is 0 Å². The predicted molar refractivity (Wildman–Crippen MR) is 79.4 cm³/mol. The highest BCUT2D eigenvalue weighted by Gasteiger charge is 2.36. The first-order valence-corrected chi connectivity index (χ1v) is 7.46. The lowest BCUT2D eigenvalue weighted by Gasteiger charge is -2.36. The van der Waals surface area contributed by atoms with Crippen molar-refractivity contribution in [3.05, 3.63) is 33.1 Å². The molecule has 114 valence electrons. The summed E-state index contributed by atoms with van der Waals surface area (Å²) in [6, 6.07) is 3.43. The molecule has 0 amide bonds. The van der Waals surface area contributed by atoms with Crippen molar-refractivity contribution in [3.63, 3.8) is 0 Å². The summed E-state index contributed by atoms with van der Waals surface area (Å²) in [7, 11) is 1.83. The molecule has 1 aromatic rings. The largest absolute Gasteiger partial charge is 0.366 e. The highest BCUT2D eigenvalue weighted by molar-refractivity contribution is 6.31. The highest BCUT2D eigenvalue weighted by atomic mass is 35.5. The smallest absolute Gasteiger partial charge is 0.295 e. The molecule has 2 aliphatic heterocycles. The summed E-state index contributed by atoms with van der Waals surface area (Å²) < 4.78 is 13.5. The van der Waals surface area contributed by atoms with Crippen LogP contribution in [0.4, 0.5) is 15.8 Å². The molecule has 0 spiro atoms. The third-order valence-corrected chi connectivity index (χ3v) is 4.88. The molecule has 2 aliphatic rings. The maximum absolute atomic E-state index is 13.5. The van der Waals surface area contributed by atoms with E-state index in [1.807, 2.05) is 11.9 Å². The molecular weight excluding hydrogens is 297 g/mol. The molecule has 1 N–H and O–H groups in total. The van der Waals surface area contributed by atoms with Gasteiger partial charge in [-0.15, -0.1) is 0 Å². The van der Waals surface area contributed by atoms with Crippen LogP contribution in [-0.4, -0.2) is 30.1 Å². The van der Waals surface area contributed by atoms with Crippen LogP contribution in [0, 0.1) is 15.9 Å². The van der Waals surface area contributed by atoms with Crippen molar-refractivity contribution in [2.24, 2.45) is 0 Å². The van der Waals surface area contributed by atoms with Gasteiger partial charge in [-0.05, 0) is 31.7 Å². The van der Waals surface area contributed by atoms with Crippen molar-refractivity contribution in [3.8, 4) is 0 Å². The number of nitro benzene ring substituents is 1. The Morgan fingerprint density at radius 3 is 2.57 bits per heavy atom. The number of hydrogen-bond donors (Lipinski definition) is 1. The van der Waals surface area contributed by atoms with Gasteiger partial charge in [0, 0.05) is 25.2 Å². The molecule has 2 atom stereocenters. The van der Waals surface area contributed by atoms with Crippen molar-refractivity contribution in [1.29, 1.82) is 0 Å². The third kappa shape index (κ3) is 2.70. The molecule has 2 saturated heterocycles. The van der Waals surface area contributed by atoms with Gasteiger partial charge in [0.05, 0.1) is 16.0 Å². The number of piperidine rings is 1. The molecule has 0 radical (unpaired) electrons. The Balaban J connectivity index is 1.92. The summed E-state index contributed by atoms with van der Waals surface area (Å²) in [5, 5.41) is 14.6. The van der Waals surface area contributed by atoms with Gasteiger partial charge < -0.3 is 10.2 Å². The number of nitrogens with zero attached hydrogens (tertiary/aromatic N) is 2. The van der Waals surface area contributed by atoms with Gasteiger partial charge in [-0.2, -0.15) is 0 Å². The molecule has 2 heterocycles. The molecule has 7 heteroatoms. The molecule has 0 saturated carbocycles. The Labute approximate surface area is 127 Å². The summed E-state index contributed by atoms with van der Waals surface area (Å²) in [6.45, 7) is 0. The minimum Gasteiger partial charge on any atom is -0.366 e. The normalized spacial score (nSPS) is 27.7. The molecule has 5 nitrogen and oxygen atoms in total. The minimum absolute atomic E-state index is 0.0839. The van der Waals surface area contributed by atoms with E-state index in [0.717, 1.165) is 31.7 Å². The lowest BCUT2D eigenvalue weighted by atomic mass is 9.98. The lowest BCUT2D eigenvalue weighted by molar-refractivity contribution is -0.384. The Hall–Kier alpha value is -1.40. The fourth-order valence-corrected chi connectivity index (χ4v) is 3.65. The van der Waals surface area contributed by atoms with Crippen molar-refractivity contribution < 1.29 is 9.31 Å². The predicted octanol–water partition coefficient (Wildman–Crippen LogP) is 3.11. The molecule has 2 bridgehead atoms. The standard InChI is InChI=1S/C14H17ClFN3O2/c1-18(10-4-8-2-3-9(5-10)17-8)13-6-11(15)12(16)7-14(13)19(20)21/h6-10,17H,2-5H2,1H3. The van der Waals surface area contributed by atoms with Gasteiger partial charge in [-0.1, -0.05) is 11.6 Å². The Morgan fingerprint density at radius 1 is 1.38 bits per heavy atom. The van der Waals surface area contributed by atoms with Crippen LogP contribution in [0.5, 0.6) is 0 Å². The minimum atomic E-state index is -0.758. The van der Waals surface area contributed by atoms with Crippen LogP contribution in [0.3, 0.4) is 0 Å². The van der Waals surface area contributed by atoms with Crippen LogP contribution in [-0.2, 0) is 0 Å². The zero-order chi connectivity index (χ0) is 15.1. The van der Waals surface area contributed by atoms with E-state index in [2.05, 4.69) is 5.32 Å². The average molecular weight is 314 g/mol. The molecule has 3 rings (SSSR count). The van der Waals surface area contributed by atoms with Crippen molar-refractivity contribution in [1.82, 2.24) is 5.32 Å². The number of halogens is 2. The summed E-state index contributed by atoms with van der Waals surface area (Å²) in [6.07, 6.45) is 4.20. The van der Waals surface area contributed by atoms with Gasteiger partial charge in [-0.25, -0.2) is 4.39 Å². The van der Waals surface area contributed by atoms with E-state index in [1.165, 1.54) is 6.07 Å². The summed E-state index contributed by atoms with van der Waals surface area (Å²) in [5.74, 6) is -0.758. The van der Waals surface area contributed by atoms with Gasteiger partial charge >= 0.3 is 0 Å². The molecule has 2 fully saturated rings. The van der Waals surface area contributed by atoms with E-state index in [4.69, 9.17) is 11.6 Å². The second-order valence-electron chi connectivity index (χ2n) is 5.89. The fraction of sp³-hybridized carbons (Fsp3) is 0.571. The topological polar surface area (TPSA) is 58.4 Å². The van der Waals surface area contributed by atoms with Crippen molar-refractivity contribution >= 4 is 23.0 Å². The zero-order valence-corrected chi connectivity index (χ0v) is 12.4. The average Bonchev–Trinajstić information content (AvgIpc) is 2.79. The van der Waals surface area contributed by atoms with Crippen LogP contribution < -0.4 is 10.2 Å². The number of hydrogen-bond acceptors (Lipinski definition) is 4. The maximum Gasteiger partial charge on any atom is 0.295 e. The Kier molecular flexibility index (Phi) is 3.75. The maximum atomic E-state index is 13.5. The van der Waals surface area contributed by atoms with Crippen LogP contribution in [0.25, 0.3) is 0 Å². The zero-order valence-electron chi connectivity index (χ0n) is 11.7. The van der Waals surface area contributed by atoms with E-state index in [9.17, 15) is 14.5 Å². The van der Waals surface area contributed by atoms with Crippen LogP contribution >= 0.6 is 11.6 Å². The van der Waals surface area contributed by atoms with Gasteiger partial charge in [-0.3, -0.25) is 10.1 Å². The third-order valence-electron chi connectivity index (χ3n) is 4.59. The lowest BCUT2D eigenvalue weighted by Crippen LogP contribution is -2.47. The van der Waals surface area contributed by atoms with Crippen LogP contribution in [0.2, 0.25) is 5.02 Å². The molecule has 2 unspecified atom stereocenters. The first-order valence-electron chi connectivity index (χ1n) is 7.08. The van der Waals surface area contributed by atoms with E-state index in [-0.39, 0.29) is 16.8 Å². The van der Waals surface area contributed by atoms with Gasteiger partial charge in [0.1, 0.15) is 11.5 Å². The van der Waals surface area contributed by atoms with Crippen molar-refractivity contribution in [2.75, 3.05) is 11.9 Å². The number of fused-ring (bicyclic) bond motifs is 2. The number of anilines is 1. The second-order valence-corrected chi connectivity index (χ2v) is 6.29. The number of benzene rings is 1. The van der Waals surface area contributed by atoms with Gasteiger partial charge in [0.25, 0.3) is 5.69 Å².